The molecule has 6 heteroatoms. The van der Waals surface area contributed by atoms with Crippen LogP contribution in [0.1, 0.15) is 5.82 Å². The van der Waals surface area contributed by atoms with Crippen LogP contribution < -0.4 is 9.47 Å². The number of ether oxygens (including phenoxy) is 3. The predicted molar refractivity (Wildman–Crippen MR) is 125 cm³/mol. The van der Waals surface area contributed by atoms with Crippen LogP contribution in [0.4, 0.5) is 0 Å². The molecule has 0 spiro atoms. The van der Waals surface area contributed by atoms with E-state index in [-0.39, 0.29) is 6.61 Å². The minimum absolute atomic E-state index is 0.234. The Morgan fingerprint density at radius 2 is 1.69 bits per heavy atom. The zero-order valence-corrected chi connectivity index (χ0v) is 18.3. The Bertz CT molecular complexity index is 1070. The maximum absolute atomic E-state index is 5.92. The zero-order chi connectivity index (χ0) is 22.2. The highest BCUT2D eigenvalue weighted by molar-refractivity contribution is 5.69. The van der Waals surface area contributed by atoms with Crippen molar-refractivity contribution >= 4 is 0 Å². The van der Waals surface area contributed by atoms with Crippen LogP contribution in [-0.2, 0) is 4.74 Å². The van der Waals surface area contributed by atoms with Gasteiger partial charge in [-0.25, -0.2) is 9.97 Å². The molecule has 0 saturated carbocycles. The van der Waals surface area contributed by atoms with Crippen molar-refractivity contribution in [1.29, 1.82) is 0 Å². The first-order chi connectivity index (χ1) is 15.7. The average molecular weight is 430 g/mol. The number of terminal acetylenes is 1. The van der Waals surface area contributed by atoms with Gasteiger partial charge in [0.1, 0.15) is 30.5 Å². The van der Waals surface area contributed by atoms with E-state index in [1.807, 2.05) is 61.5 Å². The highest BCUT2D eigenvalue weighted by atomic mass is 16.5. The normalized spacial score (nSPS) is 14.0. The summed E-state index contributed by atoms with van der Waals surface area (Å²) in [6, 6.07) is 17.8. The summed E-state index contributed by atoms with van der Waals surface area (Å²) in [6.07, 6.45) is 5.29. The smallest absolute Gasteiger partial charge is 0.148 e. The standard InChI is InChI=1S/C26H27N3O3/c1-3-14-31-24-6-4-5-22(18-24)26-19-25(27-20(2)28-26)21-7-9-23(10-8-21)32-17-13-29-11-15-30-16-12-29/h1,4-10,18-19H,11-17H2,2H3. The lowest BCUT2D eigenvalue weighted by Crippen LogP contribution is -2.38. The molecule has 6 nitrogen and oxygen atoms in total. The van der Waals surface area contributed by atoms with E-state index in [4.69, 9.17) is 20.6 Å². The van der Waals surface area contributed by atoms with Crippen molar-refractivity contribution in [1.82, 2.24) is 14.9 Å². The van der Waals surface area contributed by atoms with Gasteiger partial charge in [-0.3, -0.25) is 4.90 Å². The van der Waals surface area contributed by atoms with Crippen LogP contribution in [0.25, 0.3) is 22.5 Å². The zero-order valence-electron chi connectivity index (χ0n) is 18.3. The molecular formula is C26H27N3O3. The molecule has 0 unspecified atom stereocenters. The van der Waals surface area contributed by atoms with Gasteiger partial charge in [-0.15, -0.1) is 6.42 Å². The molecule has 0 bridgehead atoms. The van der Waals surface area contributed by atoms with Crippen LogP contribution in [0.5, 0.6) is 11.5 Å². The minimum Gasteiger partial charge on any atom is -0.492 e. The van der Waals surface area contributed by atoms with Crippen molar-refractivity contribution in [3.63, 3.8) is 0 Å². The van der Waals surface area contributed by atoms with E-state index in [2.05, 4.69) is 20.8 Å². The Balaban J connectivity index is 1.44. The summed E-state index contributed by atoms with van der Waals surface area (Å²) in [5, 5.41) is 0. The van der Waals surface area contributed by atoms with E-state index in [1.54, 1.807) is 0 Å². The number of hydrogen-bond acceptors (Lipinski definition) is 6. The highest BCUT2D eigenvalue weighted by Crippen LogP contribution is 2.27. The minimum atomic E-state index is 0.234. The highest BCUT2D eigenvalue weighted by Gasteiger charge is 2.11. The molecule has 0 atom stereocenters. The molecule has 0 amide bonds. The summed E-state index contributed by atoms with van der Waals surface area (Å²) in [7, 11) is 0. The molecule has 1 aromatic heterocycles. The SMILES string of the molecule is C#CCOc1cccc(-c2cc(-c3ccc(OCCN4CCOCC4)cc3)nc(C)n2)c1. The van der Waals surface area contributed by atoms with Crippen molar-refractivity contribution in [3.05, 3.63) is 60.4 Å². The molecule has 0 N–H and O–H groups in total. The quantitative estimate of drug-likeness (QED) is 0.507. The number of aromatic nitrogens is 2. The number of benzene rings is 2. The van der Waals surface area contributed by atoms with Gasteiger partial charge in [0, 0.05) is 30.8 Å². The maximum atomic E-state index is 5.92. The molecule has 0 aliphatic carbocycles. The van der Waals surface area contributed by atoms with E-state index >= 15 is 0 Å². The van der Waals surface area contributed by atoms with Crippen molar-refractivity contribution in [2.75, 3.05) is 46.1 Å². The molecule has 3 aromatic rings. The molecule has 1 aliphatic rings. The van der Waals surface area contributed by atoms with Gasteiger partial charge in [0.05, 0.1) is 24.6 Å². The van der Waals surface area contributed by atoms with E-state index in [0.29, 0.717) is 12.4 Å². The Labute approximate surface area is 189 Å². The average Bonchev–Trinajstić information content (AvgIpc) is 2.84. The van der Waals surface area contributed by atoms with Gasteiger partial charge in [-0.2, -0.15) is 0 Å². The largest absolute Gasteiger partial charge is 0.492 e. The third-order valence-electron chi connectivity index (χ3n) is 5.22. The van der Waals surface area contributed by atoms with Crippen LogP contribution in [0, 0.1) is 19.3 Å². The number of aryl methyl sites for hydroxylation is 1. The van der Waals surface area contributed by atoms with Crippen molar-refractivity contribution in [3.8, 4) is 46.4 Å². The van der Waals surface area contributed by atoms with Crippen LogP contribution in [0.3, 0.4) is 0 Å². The number of morpholine rings is 1. The fourth-order valence-electron chi connectivity index (χ4n) is 3.57. The van der Waals surface area contributed by atoms with Gasteiger partial charge in [-0.05, 0) is 49.4 Å². The molecular weight excluding hydrogens is 402 g/mol. The lowest BCUT2D eigenvalue weighted by molar-refractivity contribution is 0.0322. The molecule has 164 valence electrons. The fraction of sp³-hybridized carbons (Fsp3) is 0.308. The van der Waals surface area contributed by atoms with E-state index in [0.717, 1.165) is 66.9 Å². The topological polar surface area (TPSA) is 56.7 Å². The molecule has 32 heavy (non-hydrogen) atoms. The summed E-state index contributed by atoms with van der Waals surface area (Å²) in [4.78, 5) is 11.6. The summed E-state index contributed by atoms with van der Waals surface area (Å²) >= 11 is 0. The van der Waals surface area contributed by atoms with Crippen LogP contribution in [-0.4, -0.2) is 60.9 Å². The molecule has 1 saturated heterocycles. The van der Waals surface area contributed by atoms with Crippen molar-refractivity contribution < 1.29 is 14.2 Å². The molecule has 2 heterocycles. The Morgan fingerprint density at radius 1 is 0.938 bits per heavy atom. The summed E-state index contributed by atoms with van der Waals surface area (Å²) in [5.41, 5.74) is 3.66. The van der Waals surface area contributed by atoms with E-state index < -0.39 is 0 Å². The molecule has 4 rings (SSSR count). The second-order valence-electron chi connectivity index (χ2n) is 7.53. The Hall–Kier alpha value is -3.40. The van der Waals surface area contributed by atoms with Gasteiger partial charge < -0.3 is 14.2 Å². The lowest BCUT2D eigenvalue weighted by Gasteiger charge is -2.26. The number of hydrogen-bond donors (Lipinski definition) is 0. The molecule has 0 radical (unpaired) electrons. The Kier molecular flexibility index (Phi) is 7.34. The number of rotatable bonds is 8. The summed E-state index contributed by atoms with van der Waals surface area (Å²) < 4.78 is 16.8. The summed E-state index contributed by atoms with van der Waals surface area (Å²) in [5.74, 6) is 4.76. The Morgan fingerprint density at radius 3 is 2.44 bits per heavy atom. The van der Waals surface area contributed by atoms with E-state index in [1.165, 1.54) is 0 Å². The van der Waals surface area contributed by atoms with Crippen LogP contribution in [0.15, 0.2) is 54.6 Å². The predicted octanol–water partition coefficient (Wildman–Crippen LogP) is 3.84. The van der Waals surface area contributed by atoms with Gasteiger partial charge >= 0.3 is 0 Å². The van der Waals surface area contributed by atoms with Crippen LogP contribution in [0.2, 0.25) is 0 Å². The first-order valence-electron chi connectivity index (χ1n) is 10.8. The molecule has 1 aliphatic heterocycles. The van der Waals surface area contributed by atoms with Crippen molar-refractivity contribution in [2.24, 2.45) is 0 Å². The molecule has 1 fully saturated rings. The second-order valence-corrected chi connectivity index (χ2v) is 7.53. The van der Waals surface area contributed by atoms with Crippen LogP contribution >= 0.6 is 0 Å². The third kappa shape index (κ3) is 5.85. The number of nitrogens with zero attached hydrogens (tertiary/aromatic N) is 3. The van der Waals surface area contributed by atoms with E-state index in [9.17, 15) is 0 Å². The second kappa shape index (κ2) is 10.8. The fourth-order valence-corrected chi connectivity index (χ4v) is 3.57. The third-order valence-corrected chi connectivity index (χ3v) is 5.22. The summed E-state index contributed by atoms with van der Waals surface area (Å²) in [6.45, 7) is 7.24. The first-order valence-corrected chi connectivity index (χ1v) is 10.8. The monoisotopic (exact) mass is 429 g/mol. The van der Waals surface area contributed by atoms with Gasteiger partial charge in [0.25, 0.3) is 0 Å². The van der Waals surface area contributed by atoms with Gasteiger partial charge in [0.2, 0.25) is 0 Å². The van der Waals surface area contributed by atoms with Gasteiger partial charge in [0.15, 0.2) is 0 Å². The van der Waals surface area contributed by atoms with Gasteiger partial charge in [-0.1, -0.05) is 18.1 Å². The maximum Gasteiger partial charge on any atom is 0.148 e. The lowest BCUT2D eigenvalue weighted by atomic mass is 10.1. The first kappa shape index (κ1) is 21.8. The molecule has 2 aromatic carbocycles. The van der Waals surface area contributed by atoms with Crippen molar-refractivity contribution in [2.45, 2.75) is 6.92 Å².